The number of carbonyl (C=O) groups is 1. The first-order valence-electron chi connectivity index (χ1n) is 4.83. The Bertz CT molecular complexity index is 538. The van der Waals surface area contributed by atoms with Crippen molar-refractivity contribution < 1.29 is 4.79 Å². The van der Waals surface area contributed by atoms with E-state index in [0.29, 0.717) is 11.3 Å². The van der Waals surface area contributed by atoms with Gasteiger partial charge in [0.05, 0.1) is 17.3 Å². The van der Waals surface area contributed by atoms with Crippen molar-refractivity contribution in [2.75, 3.05) is 5.32 Å². The third-order valence-corrected chi connectivity index (χ3v) is 2.69. The van der Waals surface area contributed by atoms with Crippen LogP contribution in [0.15, 0.2) is 22.7 Å². The fourth-order valence-corrected chi connectivity index (χ4v) is 1.41. The van der Waals surface area contributed by atoms with Gasteiger partial charge in [0, 0.05) is 4.47 Å². The Balaban J connectivity index is 3.03. The summed E-state index contributed by atoms with van der Waals surface area (Å²) in [6.07, 6.45) is 0. The first kappa shape index (κ1) is 13.2. The van der Waals surface area contributed by atoms with E-state index in [1.54, 1.807) is 18.2 Å². The number of hydrogen-bond donors (Lipinski definition) is 1. The molecule has 0 aliphatic rings. The van der Waals surface area contributed by atoms with Gasteiger partial charge in [-0.1, -0.05) is 15.9 Å². The molecule has 0 unspecified atom stereocenters. The molecule has 0 radical (unpaired) electrons. The second kappa shape index (κ2) is 4.99. The molecule has 1 aromatic rings. The SMILES string of the molecule is CC(C)(C#N)C(=O)Nc1ccc(Br)cc1C#N. The highest BCUT2D eigenvalue weighted by molar-refractivity contribution is 9.10. The molecule has 0 saturated carbocycles. The van der Waals surface area contributed by atoms with Crippen molar-refractivity contribution in [2.24, 2.45) is 5.41 Å². The van der Waals surface area contributed by atoms with Gasteiger partial charge in [-0.25, -0.2) is 0 Å². The predicted octanol–water partition coefficient (Wildman–Crippen LogP) is 2.81. The van der Waals surface area contributed by atoms with E-state index in [0.717, 1.165) is 4.47 Å². The lowest BCUT2D eigenvalue weighted by molar-refractivity contribution is -0.121. The minimum atomic E-state index is -1.13. The highest BCUT2D eigenvalue weighted by atomic mass is 79.9. The summed E-state index contributed by atoms with van der Waals surface area (Å²) in [5.74, 6) is -0.432. The lowest BCUT2D eigenvalue weighted by Crippen LogP contribution is -2.29. The maximum atomic E-state index is 11.8. The van der Waals surface area contributed by atoms with Gasteiger partial charge in [-0.3, -0.25) is 4.79 Å². The van der Waals surface area contributed by atoms with Crippen LogP contribution in [0.1, 0.15) is 19.4 Å². The van der Waals surface area contributed by atoms with Gasteiger partial charge >= 0.3 is 0 Å². The van der Waals surface area contributed by atoms with E-state index in [-0.39, 0.29) is 0 Å². The standard InChI is InChI=1S/C12H10BrN3O/c1-12(2,7-15)11(17)16-10-4-3-9(13)5-8(10)6-14/h3-5H,1-2H3,(H,16,17). The number of carbonyl (C=O) groups excluding carboxylic acids is 1. The van der Waals surface area contributed by atoms with Crippen LogP contribution in [0.25, 0.3) is 0 Å². The van der Waals surface area contributed by atoms with Gasteiger partial charge in [-0.15, -0.1) is 0 Å². The molecule has 0 aliphatic heterocycles. The molecule has 0 saturated heterocycles. The minimum absolute atomic E-state index is 0.349. The molecule has 1 amide bonds. The number of rotatable bonds is 2. The number of nitrogens with one attached hydrogen (secondary N) is 1. The Morgan fingerprint density at radius 1 is 1.41 bits per heavy atom. The molecular weight excluding hydrogens is 282 g/mol. The number of amides is 1. The second-order valence-corrected chi connectivity index (χ2v) is 4.91. The quantitative estimate of drug-likeness (QED) is 0.910. The van der Waals surface area contributed by atoms with Crippen LogP contribution < -0.4 is 5.32 Å². The lowest BCUT2D eigenvalue weighted by Gasteiger charge is -2.15. The van der Waals surface area contributed by atoms with Crippen molar-refractivity contribution in [2.45, 2.75) is 13.8 Å². The normalized spacial score (nSPS) is 10.2. The van der Waals surface area contributed by atoms with Crippen molar-refractivity contribution in [3.8, 4) is 12.1 Å². The fourth-order valence-electron chi connectivity index (χ4n) is 1.05. The van der Waals surface area contributed by atoms with Crippen LogP contribution in [0.3, 0.4) is 0 Å². The Morgan fingerprint density at radius 3 is 2.59 bits per heavy atom. The molecule has 0 atom stereocenters. The lowest BCUT2D eigenvalue weighted by atomic mass is 9.94. The maximum Gasteiger partial charge on any atom is 0.244 e. The third-order valence-electron chi connectivity index (χ3n) is 2.20. The topological polar surface area (TPSA) is 76.7 Å². The molecular formula is C12H10BrN3O. The summed E-state index contributed by atoms with van der Waals surface area (Å²) < 4.78 is 0.756. The van der Waals surface area contributed by atoms with E-state index in [1.165, 1.54) is 13.8 Å². The van der Waals surface area contributed by atoms with E-state index in [4.69, 9.17) is 10.5 Å². The number of benzene rings is 1. The van der Waals surface area contributed by atoms with E-state index < -0.39 is 11.3 Å². The Kier molecular flexibility index (Phi) is 3.88. The van der Waals surface area contributed by atoms with Gasteiger partial charge in [0.1, 0.15) is 11.5 Å². The van der Waals surface area contributed by atoms with Gasteiger partial charge in [0.2, 0.25) is 5.91 Å². The number of nitriles is 2. The zero-order chi connectivity index (χ0) is 13.1. The van der Waals surface area contributed by atoms with Gasteiger partial charge in [0.15, 0.2) is 0 Å². The third kappa shape index (κ3) is 3.05. The summed E-state index contributed by atoms with van der Waals surface area (Å²) in [4.78, 5) is 11.8. The Hall–Kier alpha value is -1.85. The zero-order valence-corrected chi connectivity index (χ0v) is 11.0. The molecule has 4 nitrogen and oxygen atoms in total. The Morgan fingerprint density at radius 2 is 2.06 bits per heavy atom. The first-order chi connectivity index (χ1) is 7.90. The van der Waals surface area contributed by atoms with Crippen LogP contribution in [0.5, 0.6) is 0 Å². The van der Waals surface area contributed by atoms with E-state index in [2.05, 4.69) is 21.2 Å². The maximum absolute atomic E-state index is 11.8. The van der Waals surface area contributed by atoms with Crippen LogP contribution in [0, 0.1) is 28.1 Å². The highest BCUT2D eigenvalue weighted by Crippen LogP contribution is 2.23. The molecule has 0 bridgehead atoms. The largest absolute Gasteiger partial charge is 0.324 e. The smallest absolute Gasteiger partial charge is 0.244 e. The van der Waals surface area contributed by atoms with Gasteiger partial charge in [0.25, 0.3) is 0 Å². The molecule has 0 aliphatic carbocycles. The summed E-state index contributed by atoms with van der Waals surface area (Å²) >= 11 is 3.24. The number of hydrogen-bond acceptors (Lipinski definition) is 3. The van der Waals surface area contributed by atoms with Crippen LogP contribution in [0.2, 0.25) is 0 Å². The first-order valence-corrected chi connectivity index (χ1v) is 5.62. The summed E-state index contributed by atoms with van der Waals surface area (Å²) in [5.41, 5.74) is -0.370. The van der Waals surface area contributed by atoms with Crippen LogP contribution in [0.4, 0.5) is 5.69 Å². The van der Waals surface area contributed by atoms with Gasteiger partial charge < -0.3 is 5.32 Å². The van der Waals surface area contributed by atoms with Crippen LogP contribution in [-0.4, -0.2) is 5.91 Å². The molecule has 1 rings (SSSR count). The molecule has 0 aromatic heterocycles. The molecule has 0 spiro atoms. The van der Waals surface area contributed by atoms with Crippen molar-refractivity contribution in [1.82, 2.24) is 0 Å². The van der Waals surface area contributed by atoms with Crippen molar-refractivity contribution in [3.05, 3.63) is 28.2 Å². The number of halogens is 1. The van der Waals surface area contributed by atoms with E-state index >= 15 is 0 Å². The molecule has 17 heavy (non-hydrogen) atoms. The molecule has 5 heteroatoms. The number of anilines is 1. The van der Waals surface area contributed by atoms with Crippen molar-refractivity contribution in [1.29, 1.82) is 10.5 Å². The second-order valence-electron chi connectivity index (χ2n) is 3.99. The summed E-state index contributed by atoms with van der Waals surface area (Å²) in [5, 5.41) is 20.3. The predicted molar refractivity (Wildman–Crippen MR) is 66.9 cm³/mol. The van der Waals surface area contributed by atoms with Crippen LogP contribution >= 0.6 is 15.9 Å². The van der Waals surface area contributed by atoms with Crippen LogP contribution in [-0.2, 0) is 4.79 Å². The van der Waals surface area contributed by atoms with Crippen molar-refractivity contribution >= 4 is 27.5 Å². The van der Waals surface area contributed by atoms with E-state index in [9.17, 15) is 4.79 Å². The molecule has 1 aromatic carbocycles. The molecule has 0 fully saturated rings. The summed E-state index contributed by atoms with van der Waals surface area (Å²) in [7, 11) is 0. The molecule has 86 valence electrons. The monoisotopic (exact) mass is 291 g/mol. The van der Waals surface area contributed by atoms with E-state index in [1.807, 2.05) is 12.1 Å². The summed E-state index contributed by atoms with van der Waals surface area (Å²) in [6, 6.07) is 8.83. The van der Waals surface area contributed by atoms with Crippen molar-refractivity contribution in [3.63, 3.8) is 0 Å². The average Bonchev–Trinajstić information content (AvgIpc) is 2.31. The average molecular weight is 292 g/mol. The molecule has 0 heterocycles. The van der Waals surface area contributed by atoms with Gasteiger partial charge in [-0.2, -0.15) is 10.5 Å². The zero-order valence-electron chi connectivity index (χ0n) is 9.41. The highest BCUT2D eigenvalue weighted by Gasteiger charge is 2.27. The number of nitrogens with zero attached hydrogens (tertiary/aromatic N) is 2. The Labute approximate surface area is 108 Å². The summed E-state index contributed by atoms with van der Waals surface area (Å²) in [6.45, 7) is 3.04. The minimum Gasteiger partial charge on any atom is -0.324 e. The molecule has 1 N–H and O–H groups in total. The fraction of sp³-hybridized carbons (Fsp3) is 0.250. The van der Waals surface area contributed by atoms with Gasteiger partial charge in [-0.05, 0) is 32.0 Å².